The van der Waals surface area contributed by atoms with Gasteiger partial charge in [0.25, 0.3) is 0 Å². The number of likely N-dealkylation sites (tertiary alicyclic amines) is 4. The molecule has 0 aliphatic carbocycles. The fourth-order valence-electron chi connectivity index (χ4n) is 19.8. The zero-order valence-electron chi connectivity index (χ0n) is 82.4. The van der Waals surface area contributed by atoms with Crippen LogP contribution < -0.4 is 16.0 Å². The van der Waals surface area contributed by atoms with Gasteiger partial charge < -0.3 is 35.4 Å². The lowest BCUT2D eigenvalue weighted by Gasteiger charge is -2.33. The highest BCUT2D eigenvalue weighted by Gasteiger charge is 2.48. The Balaban J connectivity index is 0.000000140. The number of fused-ring (bicyclic) bond motifs is 3. The lowest BCUT2D eigenvalue weighted by Crippen LogP contribution is -2.46. The van der Waals surface area contributed by atoms with Crippen molar-refractivity contribution in [3.8, 4) is 67.2 Å². The largest absolute Gasteiger partial charge is 0.465 e. The number of aryl methyl sites for hydroxylation is 2. The molecule has 0 unspecified atom stereocenters. The third kappa shape index (κ3) is 22.5. The first-order chi connectivity index (χ1) is 72.0. The first-order valence-corrected chi connectivity index (χ1v) is 53.6. The van der Waals surface area contributed by atoms with Gasteiger partial charge >= 0.3 is 5.97 Å². The summed E-state index contributed by atoms with van der Waals surface area (Å²) < 4.78 is 47.0. The third-order valence-electron chi connectivity index (χ3n) is 28.4. The van der Waals surface area contributed by atoms with Gasteiger partial charge in [-0.1, -0.05) is 50.3 Å². The van der Waals surface area contributed by atoms with Gasteiger partial charge in [-0.15, -0.1) is 46.6 Å². The van der Waals surface area contributed by atoms with E-state index in [9.17, 15) is 42.3 Å². The Hall–Kier alpha value is -14.6. The number of carbonyl (C=O) groups is 7. The molecule has 0 bridgehead atoms. The number of thioether (sulfide) groups is 3. The summed E-state index contributed by atoms with van der Waals surface area (Å²) in [7, 11) is 1.20. The molecule has 39 heteroatoms. The Bertz CT molecular complexity index is 7520. The van der Waals surface area contributed by atoms with Crippen molar-refractivity contribution >= 4 is 149 Å². The van der Waals surface area contributed by atoms with Crippen LogP contribution in [0, 0.1) is 17.5 Å². The molecular formula is C109H109F3N24O8S4. The highest BCUT2D eigenvalue weighted by Crippen LogP contribution is 2.43. The van der Waals surface area contributed by atoms with Gasteiger partial charge in [0.15, 0.2) is 17.5 Å². The number of methoxy groups -OCH3 is 1. The molecule has 9 aromatic heterocycles. The van der Waals surface area contributed by atoms with Gasteiger partial charge in [0.2, 0.25) is 35.4 Å². The van der Waals surface area contributed by atoms with E-state index in [1.165, 1.54) is 66.8 Å². The quantitative estimate of drug-likeness (QED) is 0.0260. The number of carbonyl (C=O) groups excluding carboxylic acids is 7. The second kappa shape index (κ2) is 45.4. The number of piperidine rings is 1. The number of hydrogen-bond acceptors (Lipinski definition) is 27. The van der Waals surface area contributed by atoms with Crippen molar-refractivity contribution in [2.75, 3.05) is 140 Å². The van der Waals surface area contributed by atoms with Crippen LogP contribution in [0.2, 0.25) is 0 Å². The number of pyridine rings is 2. The van der Waals surface area contributed by atoms with Gasteiger partial charge in [0.05, 0.1) is 65.0 Å². The molecule has 0 spiro atoms. The number of amides is 6. The summed E-state index contributed by atoms with van der Waals surface area (Å²) in [5.74, 6) is -0.919. The summed E-state index contributed by atoms with van der Waals surface area (Å²) >= 11 is 6.12. The molecule has 6 aliphatic heterocycles. The minimum Gasteiger partial charge on any atom is -0.465 e. The highest BCUT2D eigenvalue weighted by molar-refractivity contribution is 8.01. The summed E-state index contributed by atoms with van der Waals surface area (Å²) in [5, 5.41) is 35.5. The molecule has 4 fully saturated rings. The minimum atomic E-state index is -0.779. The first-order valence-electron chi connectivity index (χ1n) is 49.1. The number of anilines is 3. The Labute approximate surface area is 868 Å². The van der Waals surface area contributed by atoms with E-state index in [4.69, 9.17) is 4.74 Å². The molecule has 6 aromatic carbocycles. The van der Waals surface area contributed by atoms with Gasteiger partial charge in [-0.2, -0.15) is 15.3 Å². The van der Waals surface area contributed by atoms with E-state index in [2.05, 4.69) is 151 Å². The van der Waals surface area contributed by atoms with Gasteiger partial charge in [-0.25, -0.2) is 52.9 Å². The maximum Gasteiger partial charge on any atom is 0.340 e. The third-order valence-corrected chi connectivity index (χ3v) is 33.4. The van der Waals surface area contributed by atoms with Crippen LogP contribution in [0.25, 0.3) is 111 Å². The van der Waals surface area contributed by atoms with Crippen molar-refractivity contribution < 1.29 is 51.5 Å². The van der Waals surface area contributed by atoms with Gasteiger partial charge in [-0.3, -0.25) is 68.7 Å². The lowest BCUT2D eigenvalue weighted by molar-refractivity contribution is -0.133. The number of nitrogens with one attached hydrogen (secondary N) is 6. The standard InChI is InChI=1S/C38H38FN7O4S.C37H36F2N8O2S.C34H35N9O2S2/c1-50-36(48)29-20-27(8-10-31(29)39)34-30-21-28(9-11-32(30)43-44-34)42-37(49)38(51-2)14-19-45(23-38)22-33(47)46-17-12-25(13-18-46)24-4-6-26(7-5-24)35-40-15-3-16-41-35;1-3-25-17-24(7-13-40-25)34-29-18-26(5-6-32(29)44-45-34)43-36(49)37(50-2)10-16-46(22-37)21-33(48)47-14-8-23(9-15-47)27-19-31(39)28(20-30(27)38)35-41-11-4-12-42-35;1-3-24-17-23(7-13-35-24)30-26-18-25(5-6-27(26)40-41-30)39-33(45)34(46-2)10-16-42(21-34)20-29(44)43-14-8-22(9-15-43)32-38-19-28(47-32)31-36-11-4-12-37-31/h3-11,15-16,20-21,25H,12-14,17-19,22-23H2,1-2H3,(H,42,49)(H,43,44);4-8,11-13,17-20H,3,9-10,14-16,21-22H2,1-2H3,(H,43,49)(H,44,45);4-8,11-13,17-19H,3,9-10,14-16,20-21H2,1-2H3,(H,39,45)(H,40,41)/t38-;37-;34-/m000/s1. The predicted octanol–water partition coefficient (Wildman–Crippen LogP) is 16.9. The van der Waals surface area contributed by atoms with Gasteiger partial charge in [-0.05, 0) is 227 Å². The molecular weight excluding hydrogens is 1960 g/mol. The zero-order chi connectivity index (χ0) is 103. The van der Waals surface area contributed by atoms with E-state index in [1.807, 2.05) is 106 Å². The Kier molecular flexibility index (Phi) is 31.3. The normalized spacial score (nSPS) is 18.2. The van der Waals surface area contributed by atoms with Crippen molar-refractivity contribution in [1.82, 2.24) is 105 Å². The van der Waals surface area contributed by atoms with E-state index in [0.29, 0.717) is 162 Å². The summed E-state index contributed by atoms with van der Waals surface area (Å²) in [4.78, 5) is 145. The predicted molar refractivity (Wildman–Crippen MR) is 573 cm³/mol. The van der Waals surface area contributed by atoms with Crippen LogP contribution in [0.4, 0.5) is 30.2 Å². The summed E-state index contributed by atoms with van der Waals surface area (Å²) in [6, 6.07) is 45.0. The second-order valence-electron chi connectivity index (χ2n) is 37.3. The molecule has 3 atom stereocenters. The molecule has 6 N–H and O–H groups in total. The van der Waals surface area contributed by atoms with Crippen LogP contribution in [0.15, 0.2) is 220 Å². The minimum absolute atomic E-state index is 0.000297. The Morgan fingerprint density at radius 2 is 0.851 bits per heavy atom. The monoisotopic (exact) mass is 2070 g/mol. The number of halogens is 3. The summed E-state index contributed by atoms with van der Waals surface area (Å²) in [5.41, 5.74) is 15.1. The number of thiazole rings is 1. The van der Waals surface area contributed by atoms with Crippen LogP contribution in [-0.4, -0.2) is 285 Å². The van der Waals surface area contributed by atoms with Gasteiger partial charge in [0.1, 0.15) is 48.1 Å². The van der Waals surface area contributed by atoms with Crippen molar-refractivity contribution in [2.45, 2.75) is 91.8 Å². The van der Waals surface area contributed by atoms with E-state index in [-0.39, 0.29) is 71.0 Å². The van der Waals surface area contributed by atoms with Crippen LogP contribution in [0.5, 0.6) is 0 Å². The fourth-order valence-corrected chi connectivity index (χ4v) is 23.3. The summed E-state index contributed by atoms with van der Waals surface area (Å²) in [6.07, 6.45) is 31.5. The first kappa shape index (κ1) is 102. The Morgan fingerprint density at radius 1 is 0.432 bits per heavy atom. The van der Waals surface area contributed by atoms with Crippen molar-refractivity contribution in [1.29, 1.82) is 0 Å². The highest BCUT2D eigenvalue weighted by atomic mass is 32.2. The van der Waals surface area contributed by atoms with Gasteiger partial charge in [0, 0.05) is 207 Å². The molecule has 15 heterocycles. The van der Waals surface area contributed by atoms with Crippen molar-refractivity contribution in [2.24, 2.45) is 0 Å². The molecule has 0 saturated carbocycles. The number of ether oxygens (including phenoxy) is 1. The maximum absolute atomic E-state index is 15.1. The molecule has 15 aromatic rings. The maximum atomic E-state index is 15.1. The average molecular weight is 2070 g/mol. The molecule has 21 rings (SSSR count). The number of nitrogens with zero attached hydrogens (tertiary/aromatic N) is 18. The number of aromatic nitrogens is 15. The van der Waals surface area contributed by atoms with Crippen molar-refractivity contribution in [3.05, 3.63) is 270 Å². The SMILES string of the molecule is CCc1cc(-c2n[nH]c3ccc(NC(=O)[C@]4(SC)CCN(CC(=O)N5CC=C(c6cc(F)c(-c7ncccn7)cc6F)CC5)C4)cc23)ccn1.CCc1cc(-c2n[nH]c3ccc(NC(=O)[C@]4(SC)CCN(CC(=O)N5CC=C(c6ncc(-c7ncccn7)s6)CC5)C4)cc23)ccn1.COC(=O)c1cc(-c2n[nH]c3ccc(NC(=O)[C@]4(SC)CCN(CC(=O)N5CCC(c6ccc(-c7ncccn7)cc6)CC5)C4)cc23)ccc1F. The average Bonchev–Trinajstić information content (AvgIpc) is 1.62. The number of H-pyrrole nitrogens is 3. The van der Waals surface area contributed by atoms with E-state index >= 15 is 4.39 Å². The topological polar surface area (TPSA) is 386 Å². The zero-order valence-corrected chi connectivity index (χ0v) is 85.7. The second-order valence-corrected chi connectivity index (χ2v) is 41.9. The van der Waals surface area contributed by atoms with Crippen LogP contribution in [0.3, 0.4) is 0 Å². The van der Waals surface area contributed by atoms with Crippen LogP contribution in [-0.2, 0) is 46.3 Å². The van der Waals surface area contributed by atoms with Crippen molar-refractivity contribution in [3.63, 3.8) is 0 Å². The number of benzene rings is 6. The van der Waals surface area contributed by atoms with E-state index in [0.717, 1.165) is 126 Å². The van der Waals surface area contributed by atoms with E-state index < -0.39 is 37.7 Å². The molecule has 6 amide bonds. The molecule has 4 saturated heterocycles. The van der Waals surface area contributed by atoms with E-state index in [1.54, 1.807) is 102 Å². The number of hydrogen-bond donors (Lipinski definition) is 6. The Morgan fingerprint density at radius 3 is 1.29 bits per heavy atom. The van der Waals surface area contributed by atoms with Crippen LogP contribution in [0.1, 0.15) is 103 Å². The number of rotatable bonds is 27. The smallest absolute Gasteiger partial charge is 0.340 e. The van der Waals surface area contributed by atoms with Crippen LogP contribution >= 0.6 is 46.6 Å². The molecule has 758 valence electrons. The number of esters is 1. The lowest BCUT2D eigenvalue weighted by atomic mass is 9.89. The molecule has 148 heavy (non-hydrogen) atoms. The molecule has 0 radical (unpaired) electrons. The molecule has 6 aliphatic rings. The molecule has 32 nitrogen and oxygen atoms in total. The summed E-state index contributed by atoms with van der Waals surface area (Å²) in [6.45, 7) is 11.5. The number of aromatic amines is 3. The fraction of sp³-hybridized carbons (Fsp3) is 0.312.